The summed E-state index contributed by atoms with van der Waals surface area (Å²) in [6.45, 7) is 5.57. The van der Waals surface area contributed by atoms with Crippen LogP contribution >= 0.6 is 15.9 Å². The zero-order chi connectivity index (χ0) is 21.4. The van der Waals surface area contributed by atoms with E-state index in [1.54, 1.807) is 6.07 Å². The summed E-state index contributed by atoms with van der Waals surface area (Å²) in [5, 5.41) is 2.77. The first kappa shape index (κ1) is 22.4. The fourth-order valence-electron chi connectivity index (χ4n) is 2.50. The predicted molar refractivity (Wildman–Crippen MR) is 114 cm³/mol. The Labute approximate surface area is 178 Å². The number of carbonyl (C=O) groups excluding carboxylic acids is 3. The number of anilines is 1. The molecule has 0 aliphatic rings. The van der Waals surface area contributed by atoms with Gasteiger partial charge < -0.3 is 10.1 Å². The Morgan fingerprint density at radius 1 is 0.862 bits per heavy atom. The third kappa shape index (κ3) is 7.57. The summed E-state index contributed by atoms with van der Waals surface area (Å²) >= 11 is 3.36. The van der Waals surface area contributed by atoms with E-state index in [9.17, 15) is 14.4 Å². The Hall–Kier alpha value is -2.87. The Bertz CT molecular complexity index is 915. The maximum atomic E-state index is 12.0. The molecule has 3 amide bonds. The number of hydrogen-bond acceptors (Lipinski definition) is 4. The van der Waals surface area contributed by atoms with E-state index < -0.39 is 11.8 Å². The molecule has 0 atom stereocenters. The number of rotatable bonds is 7. The first-order valence-corrected chi connectivity index (χ1v) is 9.87. The van der Waals surface area contributed by atoms with Crippen LogP contribution in [0, 0.1) is 20.8 Å². The van der Waals surface area contributed by atoms with Gasteiger partial charge in [0, 0.05) is 18.5 Å². The summed E-state index contributed by atoms with van der Waals surface area (Å²) in [6, 6.07) is 11.2. The Kier molecular flexibility index (Phi) is 8.21. The highest BCUT2D eigenvalue weighted by Crippen LogP contribution is 2.25. The number of halogens is 1. The number of aryl methyl sites for hydroxylation is 3. The molecule has 0 saturated heterocycles. The van der Waals surface area contributed by atoms with Gasteiger partial charge in [0.25, 0.3) is 5.91 Å². The maximum Gasteiger partial charge on any atom is 0.276 e. The van der Waals surface area contributed by atoms with E-state index in [2.05, 4.69) is 32.1 Å². The van der Waals surface area contributed by atoms with Crippen LogP contribution in [0.15, 0.2) is 40.9 Å². The number of nitrogens with one attached hydrogen (secondary N) is 3. The standard InChI is InChI=1S/C21H24BrN3O4/c1-13-4-6-17(15(3)10-13)23-19(26)8-9-20(27)24-25-21(28)12-29-18-7-5-14(2)11-16(18)22/h4-7,10-11H,8-9,12H2,1-3H3,(H,23,26)(H,24,27)(H,25,28). The van der Waals surface area contributed by atoms with Gasteiger partial charge in [-0.3, -0.25) is 25.2 Å². The van der Waals surface area contributed by atoms with Crippen LogP contribution in [0.5, 0.6) is 5.75 Å². The van der Waals surface area contributed by atoms with Crippen molar-refractivity contribution in [1.82, 2.24) is 10.9 Å². The topological polar surface area (TPSA) is 96.5 Å². The van der Waals surface area contributed by atoms with Crippen LogP contribution in [0.1, 0.15) is 29.5 Å². The number of carbonyl (C=O) groups is 3. The summed E-state index contributed by atoms with van der Waals surface area (Å²) in [5.74, 6) is -0.720. The van der Waals surface area contributed by atoms with Crippen molar-refractivity contribution in [2.45, 2.75) is 33.6 Å². The number of ether oxygens (including phenoxy) is 1. The molecule has 0 aromatic heterocycles. The lowest BCUT2D eigenvalue weighted by molar-refractivity contribution is -0.130. The lowest BCUT2D eigenvalue weighted by Gasteiger charge is -2.11. The van der Waals surface area contributed by atoms with Crippen molar-refractivity contribution in [3.8, 4) is 5.75 Å². The molecule has 0 heterocycles. The van der Waals surface area contributed by atoms with Gasteiger partial charge in [0.2, 0.25) is 11.8 Å². The van der Waals surface area contributed by atoms with Crippen LogP contribution in [0.2, 0.25) is 0 Å². The highest BCUT2D eigenvalue weighted by molar-refractivity contribution is 9.10. The largest absolute Gasteiger partial charge is 0.483 e. The second-order valence-corrected chi connectivity index (χ2v) is 7.54. The molecule has 0 spiro atoms. The van der Waals surface area contributed by atoms with Gasteiger partial charge in [0.05, 0.1) is 4.47 Å². The number of hydrazine groups is 1. The highest BCUT2D eigenvalue weighted by atomic mass is 79.9. The smallest absolute Gasteiger partial charge is 0.276 e. The molecular formula is C21H24BrN3O4. The van der Waals surface area contributed by atoms with Gasteiger partial charge in [-0.15, -0.1) is 0 Å². The molecule has 3 N–H and O–H groups in total. The van der Waals surface area contributed by atoms with Gasteiger partial charge in [-0.05, 0) is 66.0 Å². The molecule has 0 bridgehead atoms. The molecule has 0 aliphatic heterocycles. The molecule has 0 aliphatic carbocycles. The van der Waals surface area contributed by atoms with Crippen molar-refractivity contribution in [2.24, 2.45) is 0 Å². The highest BCUT2D eigenvalue weighted by Gasteiger charge is 2.10. The molecule has 0 unspecified atom stereocenters. The Morgan fingerprint density at radius 3 is 2.17 bits per heavy atom. The fraction of sp³-hybridized carbons (Fsp3) is 0.286. The minimum absolute atomic E-state index is 0.00182. The maximum absolute atomic E-state index is 12.0. The fourth-order valence-corrected chi connectivity index (χ4v) is 3.11. The third-order valence-corrected chi connectivity index (χ3v) is 4.64. The van der Waals surface area contributed by atoms with E-state index in [4.69, 9.17) is 4.74 Å². The second-order valence-electron chi connectivity index (χ2n) is 6.69. The van der Waals surface area contributed by atoms with Gasteiger partial charge in [0.1, 0.15) is 5.75 Å². The summed E-state index contributed by atoms with van der Waals surface area (Å²) in [7, 11) is 0. The molecule has 0 radical (unpaired) electrons. The molecule has 7 nitrogen and oxygen atoms in total. The summed E-state index contributed by atoms with van der Waals surface area (Å²) in [5.41, 5.74) is 8.37. The van der Waals surface area contributed by atoms with Crippen molar-refractivity contribution in [3.63, 3.8) is 0 Å². The average Bonchev–Trinajstić information content (AvgIpc) is 2.66. The molecule has 2 rings (SSSR count). The molecule has 0 fully saturated rings. The minimum Gasteiger partial charge on any atom is -0.483 e. The second kappa shape index (κ2) is 10.6. The zero-order valence-corrected chi connectivity index (χ0v) is 18.2. The van der Waals surface area contributed by atoms with Crippen LogP contribution in [0.25, 0.3) is 0 Å². The quantitative estimate of drug-likeness (QED) is 0.550. The van der Waals surface area contributed by atoms with Crippen LogP contribution in [-0.2, 0) is 14.4 Å². The molecule has 8 heteroatoms. The summed E-state index contributed by atoms with van der Waals surface area (Å²) in [4.78, 5) is 35.6. The number of amides is 3. The number of benzene rings is 2. The normalized spacial score (nSPS) is 10.2. The first-order chi connectivity index (χ1) is 13.7. The lowest BCUT2D eigenvalue weighted by atomic mass is 10.1. The van der Waals surface area contributed by atoms with Gasteiger partial charge >= 0.3 is 0 Å². The molecule has 2 aromatic carbocycles. The monoisotopic (exact) mass is 461 g/mol. The van der Waals surface area contributed by atoms with Crippen molar-refractivity contribution >= 4 is 39.3 Å². The van der Waals surface area contributed by atoms with Crippen LogP contribution in [-0.4, -0.2) is 24.3 Å². The van der Waals surface area contributed by atoms with Gasteiger partial charge in [-0.1, -0.05) is 23.8 Å². The Balaban J connectivity index is 1.68. The van der Waals surface area contributed by atoms with E-state index in [0.717, 1.165) is 21.2 Å². The van der Waals surface area contributed by atoms with Crippen LogP contribution in [0.4, 0.5) is 5.69 Å². The van der Waals surface area contributed by atoms with Crippen molar-refractivity contribution in [3.05, 3.63) is 57.6 Å². The number of hydrogen-bond donors (Lipinski definition) is 3. The van der Waals surface area contributed by atoms with Crippen molar-refractivity contribution < 1.29 is 19.1 Å². The molecule has 29 heavy (non-hydrogen) atoms. The van der Waals surface area contributed by atoms with Gasteiger partial charge in [-0.2, -0.15) is 0 Å². The predicted octanol–water partition coefficient (Wildman–Crippen LogP) is 3.32. The van der Waals surface area contributed by atoms with Crippen molar-refractivity contribution in [1.29, 1.82) is 0 Å². The lowest BCUT2D eigenvalue weighted by Crippen LogP contribution is -2.44. The third-order valence-electron chi connectivity index (χ3n) is 4.02. The SMILES string of the molecule is Cc1ccc(NC(=O)CCC(=O)NNC(=O)COc2ccc(C)cc2Br)c(C)c1. The minimum atomic E-state index is -0.509. The van der Waals surface area contributed by atoms with E-state index in [1.165, 1.54) is 0 Å². The van der Waals surface area contributed by atoms with Crippen LogP contribution in [0.3, 0.4) is 0 Å². The summed E-state index contributed by atoms with van der Waals surface area (Å²) in [6.07, 6.45) is -0.0524. The zero-order valence-electron chi connectivity index (χ0n) is 16.6. The van der Waals surface area contributed by atoms with Crippen molar-refractivity contribution in [2.75, 3.05) is 11.9 Å². The van der Waals surface area contributed by atoms with Crippen LogP contribution < -0.4 is 20.9 Å². The Morgan fingerprint density at radius 2 is 1.48 bits per heavy atom. The first-order valence-electron chi connectivity index (χ1n) is 9.08. The molecule has 0 saturated carbocycles. The van der Waals surface area contributed by atoms with E-state index in [0.29, 0.717) is 11.4 Å². The molecule has 2 aromatic rings. The van der Waals surface area contributed by atoms with Gasteiger partial charge in [0.15, 0.2) is 6.61 Å². The van der Waals surface area contributed by atoms with E-state index in [-0.39, 0.29) is 25.4 Å². The summed E-state index contributed by atoms with van der Waals surface area (Å²) < 4.78 is 6.14. The van der Waals surface area contributed by atoms with E-state index in [1.807, 2.05) is 51.1 Å². The molecular weight excluding hydrogens is 438 g/mol. The average molecular weight is 462 g/mol. The van der Waals surface area contributed by atoms with E-state index >= 15 is 0 Å². The van der Waals surface area contributed by atoms with Gasteiger partial charge in [-0.25, -0.2) is 0 Å². The molecule has 154 valence electrons.